The molecule has 37 heavy (non-hydrogen) atoms. The van der Waals surface area contributed by atoms with Crippen LogP contribution < -0.4 is 9.62 Å². The number of amides is 2. The highest BCUT2D eigenvalue weighted by molar-refractivity contribution is 7.92. The normalized spacial score (nSPS) is 12.9. The van der Waals surface area contributed by atoms with Crippen LogP contribution in [0, 0.1) is 5.82 Å². The summed E-state index contributed by atoms with van der Waals surface area (Å²) in [5.74, 6) is -1.35. The quantitative estimate of drug-likeness (QED) is 0.403. The van der Waals surface area contributed by atoms with Gasteiger partial charge in [0.1, 0.15) is 18.4 Å². The number of nitrogens with one attached hydrogen (secondary N) is 1. The SMILES string of the molecule is CCC(C)NC(=O)C(C)N(Cc1ccc(F)cc1)C(=O)CN(c1ccccc1)S(=O)(=O)c1ccccc1. The van der Waals surface area contributed by atoms with E-state index in [9.17, 15) is 22.4 Å². The fourth-order valence-electron chi connectivity index (χ4n) is 3.68. The topological polar surface area (TPSA) is 86.8 Å². The first-order chi connectivity index (χ1) is 17.6. The molecule has 0 saturated carbocycles. The molecule has 2 unspecified atom stereocenters. The first-order valence-corrected chi connectivity index (χ1v) is 13.5. The monoisotopic (exact) mass is 525 g/mol. The van der Waals surface area contributed by atoms with Gasteiger partial charge >= 0.3 is 0 Å². The fourth-order valence-corrected chi connectivity index (χ4v) is 5.11. The summed E-state index contributed by atoms with van der Waals surface area (Å²) >= 11 is 0. The molecular weight excluding hydrogens is 493 g/mol. The van der Waals surface area contributed by atoms with Gasteiger partial charge < -0.3 is 10.2 Å². The van der Waals surface area contributed by atoms with Crippen molar-refractivity contribution >= 4 is 27.5 Å². The molecule has 0 aliphatic carbocycles. The van der Waals surface area contributed by atoms with E-state index in [1.807, 2.05) is 13.8 Å². The van der Waals surface area contributed by atoms with Crippen molar-refractivity contribution in [3.05, 3.63) is 96.3 Å². The van der Waals surface area contributed by atoms with Crippen molar-refractivity contribution in [3.63, 3.8) is 0 Å². The van der Waals surface area contributed by atoms with E-state index in [2.05, 4.69) is 5.32 Å². The third-order valence-electron chi connectivity index (χ3n) is 6.09. The number of sulfonamides is 1. The van der Waals surface area contributed by atoms with E-state index in [4.69, 9.17) is 0 Å². The largest absolute Gasteiger partial charge is 0.352 e. The second kappa shape index (κ2) is 12.5. The molecule has 2 amide bonds. The van der Waals surface area contributed by atoms with E-state index in [0.717, 1.165) is 4.31 Å². The Hall–Kier alpha value is -3.72. The van der Waals surface area contributed by atoms with Gasteiger partial charge in [0.2, 0.25) is 11.8 Å². The lowest BCUT2D eigenvalue weighted by Crippen LogP contribution is -2.52. The number of anilines is 1. The zero-order valence-corrected chi connectivity index (χ0v) is 22.0. The number of benzene rings is 3. The summed E-state index contributed by atoms with van der Waals surface area (Å²) in [6.45, 7) is 4.87. The Labute approximate surface area is 218 Å². The van der Waals surface area contributed by atoms with Gasteiger partial charge in [-0.15, -0.1) is 0 Å². The first-order valence-electron chi connectivity index (χ1n) is 12.1. The smallest absolute Gasteiger partial charge is 0.264 e. The molecule has 0 aliphatic heterocycles. The fraction of sp³-hybridized carbons (Fsp3) is 0.286. The molecule has 0 aromatic heterocycles. The molecule has 9 heteroatoms. The molecule has 0 saturated heterocycles. The van der Waals surface area contributed by atoms with Crippen LogP contribution >= 0.6 is 0 Å². The van der Waals surface area contributed by atoms with Crippen molar-refractivity contribution in [2.45, 2.75) is 50.7 Å². The van der Waals surface area contributed by atoms with Gasteiger partial charge in [0.25, 0.3) is 10.0 Å². The van der Waals surface area contributed by atoms with E-state index in [0.29, 0.717) is 17.7 Å². The minimum Gasteiger partial charge on any atom is -0.352 e. The predicted molar refractivity (Wildman–Crippen MR) is 142 cm³/mol. The summed E-state index contributed by atoms with van der Waals surface area (Å²) in [4.78, 5) is 28.1. The van der Waals surface area contributed by atoms with E-state index < -0.39 is 34.3 Å². The summed E-state index contributed by atoms with van der Waals surface area (Å²) in [6, 6.07) is 20.8. The molecule has 0 fully saturated rings. The lowest BCUT2D eigenvalue weighted by Gasteiger charge is -2.32. The van der Waals surface area contributed by atoms with Gasteiger partial charge in [0.15, 0.2) is 0 Å². The Morgan fingerprint density at radius 1 is 0.892 bits per heavy atom. The number of hydrogen-bond acceptors (Lipinski definition) is 4. The van der Waals surface area contributed by atoms with Gasteiger partial charge in [-0.2, -0.15) is 0 Å². The molecule has 1 N–H and O–H groups in total. The molecule has 3 aromatic carbocycles. The highest BCUT2D eigenvalue weighted by Gasteiger charge is 2.32. The van der Waals surface area contributed by atoms with Crippen LogP contribution in [0.3, 0.4) is 0 Å². The highest BCUT2D eigenvalue weighted by Crippen LogP contribution is 2.24. The Kier molecular flexibility index (Phi) is 9.41. The second-order valence-electron chi connectivity index (χ2n) is 8.80. The molecule has 0 spiro atoms. The maximum atomic E-state index is 13.7. The summed E-state index contributed by atoms with van der Waals surface area (Å²) in [5, 5.41) is 2.88. The van der Waals surface area contributed by atoms with Crippen LogP contribution in [0.5, 0.6) is 0 Å². The Morgan fingerprint density at radius 3 is 2.03 bits per heavy atom. The van der Waals surface area contributed by atoms with Gasteiger partial charge in [0, 0.05) is 12.6 Å². The van der Waals surface area contributed by atoms with Crippen molar-refractivity contribution in [1.82, 2.24) is 10.2 Å². The number of rotatable bonds is 11. The molecular formula is C28H32FN3O4S. The molecule has 2 atom stereocenters. The van der Waals surface area contributed by atoms with Gasteiger partial charge in [-0.1, -0.05) is 55.5 Å². The Balaban J connectivity index is 1.98. The van der Waals surface area contributed by atoms with Crippen LogP contribution in [0.15, 0.2) is 89.8 Å². The summed E-state index contributed by atoms with van der Waals surface area (Å²) in [6.07, 6.45) is 0.710. The third kappa shape index (κ3) is 7.16. The van der Waals surface area contributed by atoms with Crippen molar-refractivity contribution in [2.75, 3.05) is 10.8 Å². The van der Waals surface area contributed by atoms with Crippen LogP contribution in [0.1, 0.15) is 32.8 Å². The van der Waals surface area contributed by atoms with Crippen molar-refractivity contribution in [1.29, 1.82) is 0 Å². The summed E-state index contributed by atoms with van der Waals surface area (Å²) in [5.41, 5.74) is 0.924. The van der Waals surface area contributed by atoms with E-state index in [1.165, 1.54) is 41.3 Å². The van der Waals surface area contributed by atoms with E-state index in [1.54, 1.807) is 55.5 Å². The molecule has 3 rings (SSSR count). The maximum absolute atomic E-state index is 13.7. The summed E-state index contributed by atoms with van der Waals surface area (Å²) < 4.78 is 41.7. The number of nitrogens with zero attached hydrogens (tertiary/aromatic N) is 2. The third-order valence-corrected chi connectivity index (χ3v) is 7.88. The molecule has 0 bridgehead atoms. The van der Waals surface area contributed by atoms with Gasteiger partial charge in [0.05, 0.1) is 10.6 Å². The number of hydrogen-bond donors (Lipinski definition) is 1. The van der Waals surface area contributed by atoms with E-state index >= 15 is 0 Å². The van der Waals surface area contributed by atoms with Crippen molar-refractivity contribution in [3.8, 4) is 0 Å². The van der Waals surface area contributed by atoms with Crippen LogP contribution in [-0.2, 0) is 26.2 Å². The van der Waals surface area contributed by atoms with E-state index in [-0.39, 0.29) is 23.4 Å². The van der Waals surface area contributed by atoms with Gasteiger partial charge in [-0.05, 0) is 62.2 Å². The van der Waals surface area contributed by atoms with Crippen LogP contribution in [0.4, 0.5) is 10.1 Å². The maximum Gasteiger partial charge on any atom is 0.264 e. The second-order valence-corrected chi connectivity index (χ2v) is 10.7. The van der Waals surface area contributed by atoms with Crippen molar-refractivity contribution < 1.29 is 22.4 Å². The van der Waals surface area contributed by atoms with Gasteiger partial charge in [-0.3, -0.25) is 13.9 Å². The molecule has 0 radical (unpaired) electrons. The molecule has 0 aliphatic rings. The van der Waals surface area contributed by atoms with Crippen molar-refractivity contribution in [2.24, 2.45) is 0 Å². The number of halogens is 1. The Morgan fingerprint density at radius 2 is 1.46 bits per heavy atom. The van der Waals surface area contributed by atoms with Crippen LogP contribution in [0.25, 0.3) is 0 Å². The van der Waals surface area contributed by atoms with Crippen LogP contribution in [0.2, 0.25) is 0 Å². The predicted octanol–water partition coefficient (Wildman–Crippen LogP) is 4.35. The average Bonchev–Trinajstić information content (AvgIpc) is 2.91. The van der Waals surface area contributed by atoms with Gasteiger partial charge in [-0.25, -0.2) is 12.8 Å². The molecule has 0 heterocycles. The Bertz CT molecular complexity index is 1290. The highest BCUT2D eigenvalue weighted by atomic mass is 32.2. The average molecular weight is 526 g/mol. The minimum absolute atomic E-state index is 0.00220. The van der Waals surface area contributed by atoms with Crippen LogP contribution in [-0.4, -0.2) is 43.8 Å². The first kappa shape index (κ1) is 27.9. The zero-order chi connectivity index (χ0) is 27.0. The lowest BCUT2D eigenvalue weighted by atomic mass is 10.1. The summed E-state index contributed by atoms with van der Waals surface area (Å²) in [7, 11) is -4.09. The molecule has 7 nitrogen and oxygen atoms in total. The molecule has 3 aromatic rings. The minimum atomic E-state index is -4.09. The number of carbonyl (C=O) groups is 2. The molecule has 196 valence electrons. The zero-order valence-electron chi connectivity index (χ0n) is 21.2. The number of para-hydroxylation sites is 1. The lowest BCUT2D eigenvalue weighted by molar-refractivity contribution is -0.139. The number of carbonyl (C=O) groups excluding carboxylic acids is 2. The standard InChI is InChI=1S/C28H32FN3O4S/c1-4-21(2)30-28(34)22(3)31(19-23-15-17-24(29)18-16-23)27(33)20-32(25-11-7-5-8-12-25)37(35,36)26-13-9-6-10-14-26/h5-18,21-22H,4,19-20H2,1-3H3,(H,30,34).